The number of alkyl halides is 6. The van der Waals surface area contributed by atoms with E-state index in [1.807, 2.05) is 0 Å². The van der Waals surface area contributed by atoms with Crippen molar-refractivity contribution in [1.29, 1.82) is 0 Å². The van der Waals surface area contributed by atoms with E-state index in [1.165, 1.54) is 24.3 Å². The average molecular weight is 283 g/mol. The Morgan fingerprint density at radius 2 is 1.63 bits per heavy atom. The molecule has 0 saturated carbocycles. The zero-order valence-electron chi connectivity index (χ0n) is 9.16. The molecule has 1 atom stereocenters. The molecule has 0 fully saturated rings. The van der Waals surface area contributed by atoms with E-state index in [0.717, 1.165) is 6.20 Å². The van der Waals surface area contributed by atoms with Crippen molar-refractivity contribution in [2.24, 2.45) is 0 Å². The molecule has 2 nitrogen and oxygen atoms in total. The van der Waals surface area contributed by atoms with Crippen LogP contribution in [0.3, 0.4) is 0 Å². The topological polar surface area (TPSA) is 14.2 Å². The van der Waals surface area contributed by atoms with Gasteiger partial charge in [0.1, 0.15) is 0 Å². The van der Waals surface area contributed by atoms with Crippen LogP contribution in [0.25, 0.3) is 10.9 Å². The van der Waals surface area contributed by atoms with Gasteiger partial charge in [-0.3, -0.25) is 4.57 Å². The summed E-state index contributed by atoms with van der Waals surface area (Å²) in [6, 6.07) is 2.45. The minimum absolute atomic E-state index is 0.0964. The highest BCUT2D eigenvalue weighted by Crippen LogP contribution is 2.35. The van der Waals surface area contributed by atoms with Crippen molar-refractivity contribution in [3.8, 4) is 0 Å². The third-order valence-electron chi connectivity index (χ3n) is 2.43. The first-order chi connectivity index (χ1) is 8.72. The fourth-order valence-electron chi connectivity index (χ4n) is 1.64. The molecular weight excluding hydrogens is 276 g/mol. The molecule has 104 valence electrons. The van der Waals surface area contributed by atoms with E-state index in [1.54, 1.807) is 6.07 Å². The molecule has 0 aliphatic rings. The van der Waals surface area contributed by atoms with Crippen molar-refractivity contribution in [2.45, 2.75) is 18.8 Å². The Morgan fingerprint density at radius 3 is 2.26 bits per heavy atom. The van der Waals surface area contributed by atoms with Gasteiger partial charge in [0, 0.05) is 6.20 Å². The second-order valence-corrected chi connectivity index (χ2v) is 3.71. The summed E-state index contributed by atoms with van der Waals surface area (Å²) in [6.45, 7) is 0. The summed E-state index contributed by atoms with van der Waals surface area (Å²) in [4.78, 5) is 0. The number of aromatic nitrogens is 1. The molecule has 0 aliphatic heterocycles. The van der Waals surface area contributed by atoms with Crippen LogP contribution in [0.4, 0.5) is 26.3 Å². The lowest BCUT2D eigenvalue weighted by Gasteiger charge is -2.23. The van der Waals surface area contributed by atoms with Gasteiger partial charge in [-0.2, -0.15) is 8.78 Å². The van der Waals surface area contributed by atoms with Crippen LogP contribution in [0.15, 0.2) is 36.5 Å². The van der Waals surface area contributed by atoms with Gasteiger partial charge in [-0.1, -0.05) is 18.2 Å². The van der Waals surface area contributed by atoms with E-state index < -0.39 is 18.8 Å². The van der Waals surface area contributed by atoms with Crippen molar-refractivity contribution in [3.05, 3.63) is 36.5 Å². The molecule has 1 unspecified atom stereocenters. The van der Waals surface area contributed by atoms with Crippen LogP contribution >= 0.6 is 0 Å². The molecule has 1 aromatic carbocycles. The molecule has 8 heteroatoms. The number of halogens is 6. The number of hydrogen-bond donors (Lipinski definition) is 0. The first-order valence-corrected chi connectivity index (χ1v) is 5.05. The molecule has 0 amide bonds. The lowest BCUT2D eigenvalue weighted by atomic mass is 10.2. The third kappa shape index (κ3) is 2.67. The molecular formula is C11H7F6NO. The van der Waals surface area contributed by atoms with Crippen molar-refractivity contribution in [1.82, 2.24) is 4.57 Å². The van der Waals surface area contributed by atoms with Crippen LogP contribution in [0, 0.1) is 0 Å². The van der Waals surface area contributed by atoms with Crippen LogP contribution in [-0.4, -0.2) is 17.3 Å². The van der Waals surface area contributed by atoms with Crippen molar-refractivity contribution >= 4 is 10.9 Å². The zero-order chi connectivity index (χ0) is 14.3. The molecule has 0 saturated heterocycles. The summed E-state index contributed by atoms with van der Waals surface area (Å²) in [5, 5.41) is 0.349. The first-order valence-electron chi connectivity index (χ1n) is 5.05. The zero-order valence-corrected chi connectivity index (χ0v) is 9.16. The van der Waals surface area contributed by atoms with E-state index in [-0.39, 0.29) is 10.1 Å². The van der Waals surface area contributed by atoms with E-state index in [0.29, 0.717) is 5.39 Å². The molecule has 1 aromatic heterocycles. The first kappa shape index (κ1) is 13.7. The maximum atomic E-state index is 13.6. The molecule has 1 heterocycles. The number of nitrogens with zero attached hydrogens (tertiary/aromatic N) is 1. The summed E-state index contributed by atoms with van der Waals surface area (Å²) in [7, 11) is 0. The molecule has 19 heavy (non-hydrogen) atoms. The minimum Gasteiger partial charge on any atom is -0.284 e. The van der Waals surface area contributed by atoms with Crippen LogP contribution in [0.1, 0.15) is 0 Å². The minimum atomic E-state index is -5.48. The van der Waals surface area contributed by atoms with Crippen LogP contribution < -0.4 is 0 Å². The highest BCUT2D eigenvalue weighted by molar-refractivity contribution is 5.80. The highest BCUT2D eigenvalue weighted by Gasteiger charge is 2.49. The quantitative estimate of drug-likeness (QED) is 0.776. The van der Waals surface area contributed by atoms with Gasteiger partial charge < -0.3 is 0 Å². The van der Waals surface area contributed by atoms with E-state index in [9.17, 15) is 26.3 Å². The lowest BCUT2D eigenvalue weighted by Crippen LogP contribution is -2.38. The van der Waals surface area contributed by atoms with Crippen LogP contribution in [-0.2, 0) is 10.8 Å². The average Bonchev–Trinajstić information content (AvgIpc) is 2.70. The maximum absolute atomic E-state index is 13.6. The Hall–Kier alpha value is -1.70. The molecule has 0 N–H and O–H groups in total. The summed E-state index contributed by atoms with van der Waals surface area (Å²) in [5.74, 6) is 0. The third-order valence-corrected chi connectivity index (χ3v) is 2.43. The molecule has 2 rings (SSSR count). The van der Waals surface area contributed by atoms with Crippen molar-refractivity contribution in [2.75, 3.05) is 0 Å². The van der Waals surface area contributed by atoms with Crippen molar-refractivity contribution < 1.29 is 31.1 Å². The Kier molecular flexibility index (Phi) is 3.21. The van der Waals surface area contributed by atoms with E-state index in [4.69, 9.17) is 0 Å². The Bertz CT molecular complexity index is 576. The van der Waals surface area contributed by atoms with Crippen LogP contribution in [0.5, 0.6) is 0 Å². The summed E-state index contributed by atoms with van der Waals surface area (Å²) < 4.78 is 78.5. The van der Waals surface area contributed by atoms with Gasteiger partial charge in [-0.05, 0) is 17.5 Å². The molecule has 0 aliphatic carbocycles. The molecule has 0 bridgehead atoms. The predicted molar refractivity (Wildman–Crippen MR) is 54.2 cm³/mol. The van der Waals surface area contributed by atoms with Gasteiger partial charge in [-0.15, -0.1) is 13.2 Å². The number of ether oxygens (including phenoxy) is 1. The Labute approximate surface area is 103 Å². The van der Waals surface area contributed by atoms with Gasteiger partial charge in [0.05, 0.1) is 5.52 Å². The van der Waals surface area contributed by atoms with E-state index in [2.05, 4.69) is 4.74 Å². The normalized spacial score (nSPS) is 14.8. The van der Waals surface area contributed by atoms with Gasteiger partial charge >= 0.3 is 12.4 Å². The number of benzene rings is 1. The van der Waals surface area contributed by atoms with E-state index >= 15 is 0 Å². The van der Waals surface area contributed by atoms with Crippen molar-refractivity contribution in [3.63, 3.8) is 0 Å². The second kappa shape index (κ2) is 4.44. The Morgan fingerprint density at radius 1 is 1.00 bits per heavy atom. The smallest absolute Gasteiger partial charge is 0.284 e. The maximum Gasteiger partial charge on any atom is 0.525 e. The fraction of sp³-hybridized carbons (Fsp3) is 0.273. The highest BCUT2D eigenvalue weighted by atomic mass is 19.4. The fourth-order valence-corrected chi connectivity index (χ4v) is 1.64. The second-order valence-electron chi connectivity index (χ2n) is 3.71. The van der Waals surface area contributed by atoms with Gasteiger partial charge in [-0.25, -0.2) is 9.13 Å². The largest absolute Gasteiger partial charge is 0.525 e. The number of para-hydroxylation sites is 1. The van der Waals surface area contributed by atoms with Crippen LogP contribution in [0.2, 0.25) is 0 Å². The summed E-state index contributed by atoms with van der Waals surface area (Å²) >= 11 is 0. The predicted octanol–water partition coefficient (Wildman–Crippen LogP) is 4.02. The number of rotatable bonds is 3. The lowest BCUT2D eigenvalue weighted by molar-refractivity contribution is -0.399. The number of hydrogen-bond acceptors (Lipinski definition) is 1. The van der Waals surface area contributed by atoms with Gasteiger partial charge in [0.2, 0.25) is 0 Å². The molecule has 2 aromatic rings. The number of fused-ring (bicyclic) bond motifs is 1. The summed E-state index contributed by atoms with van der Waals surface area (Å²) in [6.07, 6.45) is -8.51. The SMILES string of the molecule is FC(OC(F)(F)F)C(F)(F)n1ccc2ccccc21. The van der Waals surface area contributed by atoms with Gasteiger partial charge in [0.15, 0.2) is 0 Å². The molecule has 0 spiro atoms. The Balaban J connectivity index is 2.38. The standard InChI is InChI=1S/C11H7F6NO/c12-9(19-11(15,16)17)10(13,14)18-6-5-7-3-1-2-4-8(7)18/h1-6,9H. The van der Waals surface area contributed by atoms with Gasteiger partial charge in [0.25, 0.3) is 6.36 Å². The monoisotopic (exact) mass is 283 g/mol. The molecule has 0 radical (unpaired) electrons. The summed E-state index contributed by atoms with van der Waals surface area (Å²) in [5.41, 5.74) is -0.0964.